The lowest BCUT2D eigenvalue weighted by Gasteiger charge is -2.22. The van der Waals surface area contributed by atoms with Crippen molar-refractivity contribution in [3.05, 3.63) is 114 Å². The zero-order valence-electron chi connectivity index (χ0n) is 20.2. The van der Waals surface area contributed by atoms with E-state index in [0.29, 0.717) is 0 Å². The molecule has 1 atom stereocenters. The number of hydrogen-bond donors (Lipinski definition) is 4. The van der Waals surface area contributed by atoms with Gasteiger partial charge in [0.2, 0.25) is 0 Å². The van der Waals surface area contributed by atoms with Crippen LogP contribution >= 0.6 is 0 Å². The third-order valence-corrected chi connectivity index (χ3v) is 6.45. The molecule has 0 aliphatic heterocycles. The van der Waals surface area contributed by atoms with Gasteiger partial charge in [0.25, 0.3) is 0 Å². The highest BCUT2D eigenvalue weighted by atomic mass is 15.1. The average Bonchev–Trinajstić information content (AvgIpc) is 3.56. The fourth-order valence-corrected chi connectivity index (χ4v) is 4.60. The van der Waals surface area contributed by atoms with Gasteiger partial charge in [-0.05, 0) is 42.5 Å². The second-order valence-electron chi connectivity index (χ2n) is 8.98. The molecular formula is C30H33N5. The summed E-state index contributed by atoms with van der Waals surface area (Å²) >= 11 is 0. The van der Waals surface area contributed by atoms with Crippen molar-refractivity contribution in [1.29, 1.82) is 0 Å². The third-order valence-electron chi connectivity index (χ3n) is 6.45. The number of nitrogens with one attached hydrogen (secondary N) is 4. The number of aromatic nitrogens is 3. The van der Waals surface area contributed by atoms with Gasteiger partial charge in [0.1, 0.15) is 5.82 Å². The standard InChI is InChI=1S/C30H33N5/c1-2-11-29(32-19-22-12-5-3-6-13-22)34-27(18-24-20-31-26-17-10-9-16-25(24)26)30-33-21-28(35-30)23-14-7-4-8-15-23/h3-5,7-12,14-17,20-21,27,31-32,34H,2,6,13,18-19H2,1H3,(H,33,35)/b29-11+/t27-/m1/s1. The Labute approximate surface area is 207 Å². The Morgan fingerprint density at radius 2 is 1.97 bits per heavy atom. The Bertz CT molecular complexity index is 1340. The Balaban J connectivity index is 1.42. The number of hydrogen-bond acceptors (Lipinski definition) is 3. The van der Waals surface area contributed by atoms with Gasteiger partial charge in [-0.3, -0.25) is 0 Å². The van der Waals surface area contributed by atoms with Crippen molar-refractivity contribution in [2.24, 2.45) is 0 Å². The lowest BCUT2D eigenvalue weighted by molar-refractivity contribution is 0.537. The smallest absolute Gasteiger partial charge is 0.129 e. The topological polar surface area (TPSA) is 68.5 Å². The van der Waals surface area contributed by atoms with Crippen LogP contribution < -0.4 is 10.6 Å². The van der Waals surface area contributed by atoms with E-state index in [0.717, 1.165) is 60.6 Å². The Kier molecular flexibility index (Phi) is 7.13. The molecule has 1 aliphatic rings. The molecule has 0 amide bonds. The second-order valence-corrected chi connectivity index (χ2v) is 8.98. The molecule has 0 fully saturated rings. The normalized spacial score (nSPS) is 14.7. The molecule has 178 valence electrons. The number of nitrogens with zero attached hydrogens (tertiary/aromatic N) is 1. The Morgan fingerprint density at radius 1 is 1.11 bits per heavy atom. The molecule has 1 aliphatic carbocycles. The molecule has 0 saturated heterocycles. The predicted octanol–water partition coefficient (Wildman–Crippen LogP) is 6.55. The first-order valence-electron chi connectivity index (χ1n) is 12.5. The van der Waals surface area contributed by atoms with Crippen LogP contribution in [0.4, 0.5) is 0 Å². The first kappa shape index (κ1) is 22.8. The molecule has 2 aromatic heterocycles. The molecule has 5 rings (SSSR count). The summed E-state index contributed by atoms with van der Waals surface area (Å²) in [6, 6.07) is 18.8. The maximum Gasteiger partial charge on any atom is 0.129 e. The summed E-state index contributed by atoms with van der Waals surface area (Å²) in [5, 5.41) is 8.67. The van der Waals surface area contributed by atoms with Crippen LogP contribution in [0.25, 0.3) is 22.2 Å². The van der Waals surface area contributed by atoms with Crippen LogP contribution in [0.3, 0.4) is 0 Å². The van der Waals surface area contributed by atoms with Crippen LogP contribution in [0.15, 0.2) is 103 Å². The highest BCUT2D eigenvalue weighted by Crippen LogP contribution is 2.26. The predicted molar refractivity (Wildman–Crippen MR) is 145 cm³/mol. The molecule has 0 saturated carbocycles. The van der Waals surface area contributed by atoms with Gasteiger partial charge in [-0.2, -0.15) is 0 Å². The minimum Gasteiger partial charge on any atom is -0.368 e. The van der Waals surface area contributed by atoms with Gasteiger partial charge < -0.3 is 20.6 Å². The van der Waals surface area contributed by atoms with Crippen molar-refractivity contribution in [1.82, 2.24) is 25.6 Å². The van der Waals surface area contributed by atoms with E-state index in [1.165, 1.54) is 16.5 Å². The number of benzene rings is 2. The lowest BCUT2D eigenvalue weighted by Crippen LogP contribution is -2.32. The first-order chi connectivity index (χ1) is 17.3. The van der Waals surface area contributed by atoms with Crippen molar-refractivity contribution < 1.29 is 0 Å². The summed E-state index contributed by atoms with van der Waals surface area (Å²) < 4.78 is 0. The Hall–Kier alpha value is -3.99. The number of aromatic amines is 2. The Morgan fingerprint density at radius 3 is 2.80 bits per heavy atom. The van der Waals surface area contributed by atoms with E-state index in [4.69, 9.17) is 4.98 Å². The third kappa shape index (κ3) is 5.57. The quantitative estimate of drug-likeness (QED) is 0.216. The molecule has 5 heteroatoms. The number of imidazole rings is 1. The largest absolute Gasteiger partial charge is 0.368 e. The van der Waals surface area contributed by atoms with E-state index in [2.05, 4.69) is 107 Å². The fraction of sp³-hybridized carbons (Fsp3) is 0.233. The highest BCUT2D eigenvalue weighted by molar-refractivity contribution is 5.83. The molecule has 4 N–H and O–H groups in total. The summed E-state index contributed by atoms with van der Waals surface area (Å²) in [6.07, 6.45) is 16.9. The second kappa shape index (κ2) is 11.0. The van der Waals surface area contributed by atoms with Crippen molar-refractivity contribution in [2.75, 3.05) is 6.54 Å². The molecule has 5 nitrogen and oxygen atoms in total. The molecule has 0 spiro atoms. The van der Waals surface area contributed by atoms with Crippen LogP contribution in [-0.4, -0.2) is 21.5 Å². The summed E-state index contributed by atoms with van der Waals surface area (Å²) in [4.78, 5) is 11.8. The van der Waals surface area contributed by atoms with Gasteiger partial charge in [-0.1, -0.05) is 79.3 Å². The average molecular weight is 464 g/mol. The van der Waals surface area contributed by atoms with Crippen molar-refractivity contribution >= 4 is 10.9 Å². The van der Waals surface area contributed by atoms with Crippen LogP contribution in [-0.2, 0) is 6.42 Å². The molecule has 0 radical (unpaired) electrons. The molecule has 35 heavy (non-hydrogen) atoms. The van der Waals surface area contributed by atoms with E-state index < -0.39 is 0 Å². The van der Waals surface area contributed by atoms with Gasteiger partial charge in [-0.25, -0.2) is 4.98 Å². The summed E-state index contributed by atoms with van der Waals surface area (Å²) in [5.74, 6) is 1.98. The summed E-state index contributed by atoms with van der Waals surface area (Å²) in [5.41, 5.74) is 6.02. The van der Waals surface area contributed by atoms with Crippen LogP contribution in [0.2, 0.25) is 0 Å². The minimum absolute atomic E-state index is 0.0165. The molecule has 2 aromatic carbocycles. The van der Waals surface area contributed by atoms with Gasteiger partial charge in [0.05, 0.1) is 23.8 Å². The number of rotatable bonds is 10. The van der Waals surface area contributed by atoms with Gasteiger partial charge in [-0.15, -0.1) is 0 Å². The highest BCUT2D eigenvalue weighted by Gasteiger charge is 2.19. The van der Waals surface area contributed by atoms with Crippen LogP contribution in [0.1, 0.15) is 43.6 Å². The van der Waals surface area contributed by atoms with Crippen molar-refractivity contribution in [3.63, 3.8) is 0 Å². The van der Waals surface area contributed by atoms with Crippen molar-refractivity contribution in [3.8, 4) is 11.3 Å². The maximum atomic E-state index is 4.81. The molecule has 2 heterocycles. The van der Waals surface area contributed by atoms with Gasteiger partial charge in [0, 0.05) is 30.1 Å². The van der Waals surface area contributed by atoms with E-state index in [9.17, 15) is 0 Å². The number of allylic oxidation sites excluding steroid dienone is 4. The maximum absolute atomic E-state index is 4.81. The molecule has 0 unspecified atom stereocenters. The van der Waals surface area contributed by atoms with Gasteiger partial charge >= 0.3 is 0 Å². The van der Waals surface area contributed by atoms with Crippen molar-refractivity contribution in [2.45, 2.75) is 38.6 Å². The zero-order valence-corrected chi connectivity index (χ0v) is 20.2. The van der Waals surface area contributed by atoms with E-state index in [1.54, 1.807) is 0 Å². The van der Waals surface area contributed by atoms with Crippen LogP contribution in [0.5, 0.6) is 0 Å². The first-order valence-corrected chi connectivity index (χ1v) is 12.5. The lowest BCUT2D eigenvalue weighted by atomic mass is 10.0. The number of para-hydroxylation sites is 1. The monoisotopic (exact) mass is 463 g/mol. The number of fused-ring (bicyclic) bond motifs is 1. The molecular weight excluding hydrogens is 430 g/mol. The minimum atomic E-state index is -0.0165. The number of H-pyrrole nitrogens is 2. The van der Waals surface area contributed by atoms with Crippen LogP contribution in [0, 0.1) is 0 Å². The van der Waals surface area contributed by atoms with E-state index >= 15 is 0 Å². The van der Waals surface area contributed by atoms with Gasteiger partial charge in [0.15, 0.2) is 0 Å². The zero-order chi connectivity index (χ0) is 23.9. The summed E-state index contributed by atoms with van der Waals surface area (Å²) in [7, 11) is 0. The fourth-order valence-electron chi connectivity index (χ4n) is 4.60. The molecule has 4 aromatic rings. The van der Waals surface area contributed by atoms with E-state index in [1.807, 2.05) is 12.3 Å². The summed E-state index contributed by atoms with van der Waals surface area (Å²) in [6.45, 7) is 3.01. The van der Waals surface area contributed by atoms with E-state index in [-0.39, 0.29) is 6.04 Å². The molecule has 0 bridgehead atoms. The SMILES string of the molecule is CC/C=C(\NCC1=CC=CCC1)N[C@H](Cc1c[nH]c2ccccc12)c1ncc(-c2ccccc2)[nH]1.